The summed E-state index contributed by atoms with van der Waals surface area (Å²) in [5.74, 6) is 1.19. The standard InChI is InChI=1S/C15H13N3O2/c1-9-7-11(19)3-4-13(9)15-17-14(18-20-15)12-5-6-16-8-10(12)2/h3-8,19H,1-2H3. The molecule has 3 rings (SSSR count). The number of hydrogen-bond acceptors (Lipinski definition) is 5. The average molecular weight is 267 g/mol. The Balaban J connectivity index is 2.04. The molecule has 0 bridgehead atoms. The maximum atomic E-state index is 9.43. The minimum absolute atomic E-state index is 0.218. The van der Waals surface area contributed by atoms with Crippen LogP contribution in [0, 0.1) is 13.8 Å². The molecule has 20 heavy (non-hydrogen) atoms. The van der Waals surface area contributed by atoms with Crippen LogP contribution in [0.5, 0.6) is 5.75 Å². The summed E-state index contributed by atoms with van der Waals surface area (Å²) in [5, 5.41) is 13.4. The molecule has 0 amide bonds. The summed E-state index contributed by atoms with van der Waals surface area (Å²) < 4.78 is 5.32. The van der Waals surface area contributed by atoms with Gasteiger partial charge in [0.15, 0.2) is 0 Å². The molecule has 2 heterocycles. The van der Waals surface area contributed by atoms with Crippen molar-refractivity contribution in [2.24, 2.45) is 0 Å². The molecule has 5 nitrogen and oxygen atoms in total. The van der Waals surface area contributed by atoms with Gasteiger partial charge in [-0.15, -0.1) is 0 Å². The zero-order chi connectivity index (χ0) is 14.1. The van der Waals surface area contributed by atoms with Crippen molar-refractivity contribution in [3.8, 4) is 28.6 Å². The normalized spacial score (nSPS) is 10.7. The zero-order valence-corrected chi connectivity index (χ0v) is 11.2. The maximum Gasteiger partial charge on any atom is 0.258 e. The zero-order valence-electron chi connectivity index (χ0n) is 11.2. The highest BCUT2D eigenvalue weighted by Gasteiger charge is 2.14. The molecule has 1 N–H and O–H groups in total. The van der Waals surface area contributed by atoms with Crippen LogP contribution in [-0.2, 0) is 0 Å². The van der Waals surface area contributed by atoms with E-state index in [1.54, 1.807) is 30.6 Å². The summed E-state index contributed by atoms with van der Waals surface area (Å²) in [4.78, 5) is 8.46. The van der Waals surface area contributed by atoms with Crippen LogP contribution in [-0.4, -0.2) is 20.2 Å². The minimum Gasteiger partial charge on any atom is -0.508 e. The summed E-state index contributed by atoms with van der Waals surface area (Å²) in [5.41, 5.74) is 3.58. The number of aromatic hydroxyl groups is 1. The molecule has 2 aromatic heterocycles. The third-order valence-electron chi connectivity index (χ3n) is 3.13. The van der Waals surface area contributed by atoms with Gasteiger partial charge >= 0.3 is 0 Å². The molecule has 0 aliphatic carbocycles. The molecule has 0 spiro atoms. The third-order valence-corrected chi connectivity index (χ3v) is 3.13. The molecule has 0 fully saturated rings. The minimum atomic E-state index is 0.218. The first-order valence-electron chi connectivity index (χ1n) is 6.20. The Morgan fingerprint density at radius 3 is 2.65 bits per heavy atom. The molecule has 3 aromatic rings. The van der Waals surface area contributed by atoms with Crippen molar-refractivity contribution in [3.05, 3.63) is 47.8 Å². The van der Waals surface area contributed by atoms with Gasteiger partial charge in [0, 0.05) is 23.5 Å². The molecular weight excluding hydrogens is 254 g/mol. The van der Waals surface area contributed by atoms with Crippen molar-refractivity contribution in [1.82, 2.24) is 15.1 Å². The predicted octanol–water partition coefficient (Wildman–Crippen LogP) is 3.12. The molecule has 0 radical (unpaired) electrons. The quantitative estimate of drug-likeness (QED) is 0.772. The Hall–Kier alpha value is -2.69. The third kappa shape index (κ3) is 2.14. The van der Waals surface area contributed by atoms with Crippen molar-refractivity contribution in [2.75, 3.05) is 0 Å². The summed E-state index contributed by atoms with van der Waals surface area (Å²) in [7, 11) is 0. The van der Waals surface area contributed by atoms with Crippen LogP contribution >= 0.6 is 0 Å². The van der Waals surface area contributed by atoms with E-state index >= 15 is 0 Å². The van der Waals surface area contributed by atoms with E-state index in [1.807, 2.05) is 19.9 Å². The van der Waals surface area contributed by atoms with Crippen molar-refractivity contribution in [1.29, 1.82) is 0 Å². The van der Waals surface area contributed by atoms with Crippen LogP contribution in [0.25, 0.3) is 22.8 Å². The summed E-state index contributed by atoms with van der Waals surface area (Å²) >= 11 is 0. The van der Waals surface area contributed by atoms with Gasteiger partial charge in [-0.1, -0.05) is 5.16 Å². The Kier molecular flexibility index (Phi) is 2.95. The molecule has 0 saturated carbocycles. The van der Waals surface area contributed by atoms with Crippen molar-refractivity contribution in [2.45, 2.75) is 13.8 Å². The van der Waals surface area contributed by atoms with Gasteiger partial charge in [-0.25, -0.2) is 0 Å². The first-order chi connectivity index (χ1) is 9.65. The van der Waals surface area contributed by atoms with Gasteiger partial charge in [0.05, 0.1) is 0 Å². The van der Waals surface area contributed by atoms with Gasteiger partial charge in [0.2, 0.25) is 5.82 Å². The van der Waals surface area contributed by atoms with Crippen LogP contribution in [0.4, 0.5) is 0 Å². The number of pyridine rings is 1. The van der Waals surface area contributed by atoms with Crippen LogP contribution in [0.3, 0.4) is 0 Å². The Bertz CT molecular complexity index is 765. The van der Waals surface area contributed by atoms with Gasteiger partial charge in [0.25, 0.3) is 5.89 Å². The molecular formula is C15H13N3O2. The Morgan fingerprint density at radius 1 is 1.05 bits per heavy atom. The van der Waals surface area contributed by atoms with E-state index in [1.165, 1.54) is 0 Å². The van der Waals surface area contributed by atoms with E-state index < -0.39 is 0 Å². The second kappa shape index (κ2) is 4.77. The second-order valence-corrected chi connectivity index (χ2v) is 4.61. The molecule has 0 unspecified atom stereocenters. The Labute approximate surface area is 115 Å². The van der Waals surface area contributed by atoms with Crippen molar-refractivity contribution >= 4 is 0 Å². The molecule has 0 aliphatic rings. The Morgan fingerprint density at radius 2 is 1.90 bits per heavy atom. The summed E-state index contributed by atoms with van der Waals surface area (Å²) in [6.45, 7) is 3.83. The van der Waals surface area contributed by atoms with E-state index in [2.05, 4.69) is 15.1 Å². The lowest BCUT2D eigenvalue weighted by Crippen LogP contribution is -1.87. The number of phenols is 1. The number of nitrogens with zero attached hydrogens (tertiary/aromatic N) is 3. The van der Waals surface area contributed by atoms with Crippen LogP contribution in [0.15, 0.2) is 41.2 Å². The largest absolute Gasteiger partial charge is 0.508 e. The summed E-state index contributed by atoms with van der Waals surface area (Å²) in [6.07, 6.45) is 3.46. The topological polar surface area (TPSA) is 72.0 Å². The summed E-state index contributed by atoms with van der Waals surface area (Å²) in [6, 6.07) is 6.88. The lowest BCUT2D eigenvalue weighted by Gasteiger charge is -2.00. The van der Waals surface area contributed by atoms with Gasteiger partial charge in [0.1, 0.15) is 5.75 Å². The van der Waals surface area contributed by atoms with E-state index in [-0.39, 0.29) is 5.75 Å². The maximum absolute atomic E-state index is 9.43. The van der Waals surface area contributed by atoms with Gasteiger partial charge in [-0.3, -0.25) is 4.98 Å². The number of rotatable bonds is 2. The highest BCUT2D eigenvalue weighted by Crippen LogP contribution is 2.27. The van der Waals surface area contributed by atoms with Crippen LogP contribution < -0.4 is 0 Å². The molecule has 100 valence electrons. The van der Waals surface area contributed by atoms with E-state index in [9.17, 15) is 5.11 Å². The highest BCUT2D eigenvalue weighted by molar-refractivity contribution is 5.64. The van der Waals surface area contributed by atoms with E-state index in [0.29, 0.717) is 11.7 Å². The van der Waals surface area contributed by atoms with Crippen LogP contribution in [0.2, 0.25) is 0 Å². The lowest BCUT2D eigenvalue weighted by atomic mass is 10.1. The fourth-order valence-electron chi connectivity index (χ4n) is 2.05. The molecule has 0 atom stereocenters. The number of benzene rings is 1. The van der Waals surface area contributed by atoms with Gasteiger partial charge in [-0.05, 0) is 49.2 Å². The van der Waals surface area contributed by atoms with Crippen LogP contribution in [0.1, 0.15) is 11.1 Å². The van der Waals surface area contributed by atoms with Gasteiger partial charge < -0.3 is 9.63 Å². The highest BCUT2D eigenvalue weighted by atomic mass is 16.5. The molecule has 0 aliphatic heterocycles. The number of aromatic nitrogens is 3. The fourth-order valence-corrected chi connectivity index (χ4v) is 2.05. The second-order valence-electron chi connectivity index (χ2n) is 4.61. The molecule has 5 heteroatoms. The average Bonchev–Trinajstić information content (AvgIpc) is 2.88. The monoisotopic (exact) mass is 267 g/mol. The number of phenolic OH excluding ortho intramolecular Hbond substituents is 1. The number of hydrogen-bond donors (Lipinski definition) is 1. The molecule has 1 aromatic carbocycles. The first-order valence-corrected chi connectivity index (χ1v) is 6.20. The smallest absolute Gasteiger partial charge is 0.258 e. The first kappa shape index (κ1) is 12.3. The molecule has 0 saturated heterocycles. The fraction of sp³-hybridized carbons (Fsp3) is 0.133. The van der Waals surface area contributed by atoms with Gasteiger partial charge in [-0.2, -0.15) is 4.98 Å². The lowest BCUT2D eigenvalue weighted by molar-refractivity contribution is 0.432. The van der Waals surface area contributed by atoms with Crippen molar-refractivity contribution < 1.29 is 9.63 Å². The van der Waals surface area contributed by atoms with Crippen molar-refractivity contribution in [3.63, 3.8) is 0 Å². The SMILES string of the molecule is Cc1cnccc1-c1noc(-c2ccc(O)cc2C)n1. The predicted molar refractivity (Wildman–Crippen MR) is 74.1 cm³/mol. The number of aryl methyl sites for hydroxylation is 2. The van der Waals surface area contributed by atoms with E-state index in [0.717, 1.165) is 22.3 Å². The van der Waals surface area contributed by atoms with E-state index in [4.69, 9.17) is 4.52 Å².